The van der Waals surface area contributed by atoms with Crippen LogP contribution in [0.3, 0.4) is 0 Å². The van der Waals surface area contributed by atoms with Gasteiger partial charge in [0.2, 0.25) is 0 Å². The van der Waals surface area contributed by atoms with Crippen molar-refractivity contribution in [2.24, 2.45) is 10.2 Å². The molecule has 0 bridgehead atoms. The fraction of sp³-hybridized carbons (Fsp3) is 0.143. The van der Waals surface area contributed by atoms with Crippen LogP contribution >= 0.6 is 0 Å². The van der Waals surface area contributed by atoms with E-state index in [9.17, 15) is 9.59 Å². The molecule has 1 aromatic heterocycles. The molecule has 1 heterocycles. The normalized spacial score (nSPS) is 11.9. The fourth-order valence-electron chi connectivity index (χ4n) is 1.14. The van der Waals surface area contributed by atoms with Crippen molar-refractivity contribution in [2.45, 2.75) is 13.8 Å². The van der Waals surface area contributed by atoms with Gasteiger partial charge in [0.05, 0.1) is 0 Å². The monoisotopic (exact) mass is 288 g/mol. The Morgan fingerprint density at radius 3 is 1.76 bits per heavy atom. The molecule has 0 spiro atoms. The van der Waals surface area contributed by atoms with Crippen molar-refractivity contribution in [1.82, 2.24) is 10.9 Å². The van der Waals surface area contributed by atoms with Gasteiger partial charge in [-0.05, 0) is 38.1 Å². The van der Waals surface area contributed by atoms with Gasteiger partial charge in [-0.2, -0.15) is 10.2 Å². The van der Waals surface area contributed by atoms with Gasteiger partial charge in [-0.15, -0.1) is 0 Å². The first-order chi connectivity index (χ1) is 10.2. The van der Waals surface area contributed by atoms with Crippen LogP contribution in [0.5, 0.6) is 0 Å². The second kappa shape index (κ2) is 9.03. The third kappa shape index (κ3) is 5.68. The molecular weight excluding hydrogens is 272 g/mol. The molecule has 1 rings (SSSR count). The van der Waals surface area contributed by atoms with E-state index in [1.165, 1.54) is 24.6 Å². The molecule has 2 N–H and O–H groups in total. The van der Waals surface area contributed by atoms with E-state index in [4.69, 9.17) is 4.42 Å². The number of furan rings is 1. The minimum absolute atomic E-state index is 0.0183. The Labute approximate surface area is 122 Å². The topological polar surface area (TPSA) is 96.1 Å². The Kier molecular flexibility index (Phi) is 6.92. The number of hydrogen-bond acceptors (Lipinski definition) is 5. The minimum atomic E-state index is -0.549. The molecule has 0 aliphatic rings. The summed E-state index contributed by atoms with van der Waals surface area (Å²) in [4.78, 5) is 23.3. The van der Waals surface area contributed by atoms with E-state index < -0.39 is 11.8 Å². The molecule has 0 aromatic carbocycles. The summed E-state index contributed by atoms with van der Waals surface area (Å²) in [6.45, 7) is 3.65. The van der Waals surface area contributed by atoms with E-state index in [1.807, 2.05) is 13.8 Å². The lowest BCUT2D eigenvalue weighted by Gasteiger charge is -1.96. The summed E-state index contributed by atoms with van der Waals surface area (Å²) in [5.74, 6) is -1.13. The minimum Gasteiger partial charge on any atom is -0.446 e. The predicted molar refractivity (Wildman–Crippen MR) is 80.3 cm³/mol. The summed E-state index contributed by atoms with van der Waals surface area (Å²) in [6, 6.07) is 2.76. The Morgan fingerprint density at radius 1 is 0.952 bits per heavy atom. The van der Waals surface area contributed by atoms with Crippen LogP contribution in [0.15, 0.2) is 51.1 Å². The smallest absolute Gasteiger partial charge is 0.307 e. The third-order valence-electron chi connectivity index (χ3n) is 2.09. The third-order valence-corrected chi connectivity index (χ3v) is 2.09. The average Bonchev–Trinajstić information content (AvgIpc) is 2.98. The zero-order chi connectivity index (χ0) is 15.5. The van der Waals surface area contributed by atoms with E-state index in [-0.39, 0.29) is 11.5 Å². The molecule has 21 heavy (non-hydrogen) atoms. The molecule has 2 amide bonds. The van der Waals surface area contributed by atoms with Crippen LogP contribution in [-0.4, -0.2) is 24.2 Å². The highest BCUT2D eigenvalue weighted by Crippen LogP contribution is 2.07. The summed E-state index contributed by atoms with van der Waals surface area (Å²) in [7, 11) is 0. The van der Waals surface area contributed by atoms with Crippen LogP contribution in [-0.2, 0) is 0 Å². The maximum absolute atomic E-state index is 11.6. The Morgan fingerprint density at radius 2 is 1.38 bits per heavy atom. The summed E-state index contributed by atoms with van der Waals surface area (Å²) in [5.41, 5.74) is 4.52. The average molecular weight is 288 g/mol. The van der Waals surface area contributed by atoms with Crippen LogP contribution in [0.25, 0.3) is 0 Å². The number of hydrogen-bond donors (Lipinski definition) is 2. The van der Waals surface area contributed by atoms with Gasteiger partial charge in [0.15, 0.2) is 11.5 Å². The van der Waals surface area contributed by atoms with E-state index in [0.29, 0.717) is 0 Å². The van der Waals surface area contributed by atoms with Crippen molar-refractivity contribution in [2.75, 3.05) is 0 Å². The number of amides is 2. The van der Waals surface area contributed by atoms with Gasteiger partial charge in [-0.3, -0.25) is 9.59 Å². The largest absolute Gasteiger partial charge is 0.446 e. The van der Waals surface area contributed by atoms with Crippen molar-refractivity contribution in [3.8, 4) is 0 Å². The molecule has 7 heteroatoms. The number of hydrazone groups is 2. The summed E-state index contributed by atoms with van der Waals surface area (Å²) >= 11 is 0. The first-order valence-electron chi connectivity index (χ1n) is 6.18. The highest BCUT2D eigenvalue weighted by atomic mass is 16.4. The summed E-state index contributed by atoms with van der Waals surface area (Å²) in [5, 5.41) is 7.32. The second-order valence-corrected chi connectivity index (χ2v) is 3.65. The first-order valence-corrected chi connectivity index (χ1v) is 6.18. The molecule has 1 aromatic rings. The number of nitrogens with one attached hydrogen (secondary N) is 2. The molecule has 0 saturated carbocycles. The van der Waals surface area contributed by atoms with Crippen molar-refractivity contribution >= 4 is 24.2 Å². The number of rotatable bonds is 6. The maximum atomic E-state index is 11.6. The van der Waals surface area contributed by atoms with E-state index in [0.717, 1.165) is 0 Å². The highest BCUT2D eigenvalue weighted by Gasteiger charge is 2.14. The van der Waals surface area contributed by atoms with Gasteiger partial charge in [-0.1, -0.05) is 12.2 Å². The van der Waals surface area contributed by atoms with Crippen LogP contribution in [0.2, 0.25) is 0 Å². The van der Waals surface area contributed by atoms with E-state index in [2.05, 4.69) is 21.1 Å². The fourth-order valence-corrected chi connectivity index (χ4v) is 1.14. The standard InChI is InChI=1S/C14H16N4O3/c1-3-5-9-15-17-13(19)11-7-8-12(21-11)14(20)18-16-10-6-4-2/h3-10H,1-2H3,(H,17,19)(H,18,20). The van der Waals surface area contributed by atoms with Gasteiger partial charge in [0, 0.05) is 12.4 Å². The number of carbonyl (C=O) groups is 2. The molecule has 0 saturated heterocycles. The molecular formula is C14H16N4O3. The lowest BCUT2D eigenvalue weighted by Crippen LogP contribution is -2.18. The predicted octanol–water partition coefficient (Wildman–Crippen LogP) is 1.86. The van der Waals surface area contributed by atoms with Gasteiger partial charge in [0.25, 0.3) is 0 Å². The molecule has 0 unspecified atom stereocenters. The highest BCUT2D eigenvalue weighted by molar-refractivity contribution is 5.96. The number of allylic oxidation sites excluding steroid dienone is 4. The molecule has 0 fully saturated rings. The number of nitrogens with zero attached hydrogens (tertiary/aromatic N) is 2. The Bertz CT molecular complexity index is 547. The summed E-state index contributed by atoms with van der Waals surface area (Å²) < 4.78 is 5.11. The van der Waals surface area contributed by atoms with Crippen LogP contribution < -0.4 is 10.9 Å². The Balaban J connectivity index is 2.59. The lowest BCUT2D eigenvalue weighted by atomic mass is 10.4. The van der Waals surface area contributed by atoms with Crippen molar-refractivity contribution < 1.29 is 14.0 Å². The SMILES string of the molecule is CC=CC=NNC(=O)c1ccc(C(=O)NN=CC=CC)o1. The van der Waals surface area contributed by atoms with Crippen molar-refractivity contribution in [3.05, 3.63) is 48.0 Å². The molecule has 0 radical (unpaired) electrons. The lowest BCUT2D eigenvalue weighted by molar-refractivity contribution is 0.0902. The van der Waals surface area contributed by atoms with Crippen LogP contribution in [0, 0.1) is 0 Å². The van der Waals surface area contributed by atoms with Gasteiger partial charge >= 0.3 is 11.8 Å². The number of carbonyl (C=O) groups excluding carboxylic acids is 2. The van der Waals surface area contributed by atoms with Crippen molar-refractivity contribution in [3.63, 3.8) is 0 Å². The zero-order valence-electron chi connectivity index (χ0n) is 11.7. The molecule has 0 atom stereocenters. The molecule has 0 aliphatic carbocycles. The zero-order valence-corrected chi connectivity index (χ0v) is 11.7. The van der Waals surface area contributed by atoms with Gasteiger partial charge in [-0.25, -0.2) is 10.9 Å². The van der Waals surface area contributed by atoms with Crippen LogP contribution in [0.1, 0.15) is 35.0 Å². The van der Waals surface area contributed by atoms with E-state index >= 15 is 0 Å². The van der Waals surface area contributed by atoms with E-state index in [1.54, 1.807) is 24.3 Å². The first kappa shape index (κ1) is 16.1. The quantitative estimate of drug-likeness (QED) is 0.617. The molecule has 7 nitrogen and oxygen atoms in total. The molecule has 0 aliphatic heterocycles. The Hall–Kier alpha value is -2.96. The maximum Gasteiger partial charge on any atom is 0.307 e. The van der Waals surface area contributed by atoms with Crippen molar-refractivity contribution in [1.29, 1.82) is 0 Å². The molecule has 110 valence electrons. The van der Waals surface area contributed by atoms with Crippen LogP contribution in [0.4, 0.5) is 0 Å². The van der Waals surface area contributed by atoms with Gasteiger partial charge < -0.3 is 4.42 Å². The summed E-state index contributed by atoms with van der Waals surface area (Å²) in [6.07, 6.45) is 9.68. The second-order valence-electron chi connectivity index (χ2n) is 3.65. The van der Waals surface area contributed by atoms with Gasteiger partial charge in [0.1, 0.15) is 0 Å².